The third kappa shape index (κ3) is 3.71. The van der Waals surface area contributed by atoms with E-state index in [-0.39, 0.29) is 11.4 Å². The van der Waals surface area contributed by atoms with Gasteiger partial charge in [0.25, 0.3) is 5.91 Å². The second-order valence-electron chi connectivity index (χ2n) is 7.65. The number of thiazole rings is 1. The first-order chi connectivity index (χ1) is 12.8. The molecule has 6 heteroatoms. The van der Waals surface area contributed by atoms with Crippen LogP contribution in [0.2, 0.25) is 0 Å². The third-order valence-electron chi connectivity index (χ3n) is 6.04. The Labute approximate surface area is 159 Å². The number of aromatic nitrogens is 2. The number of carbonyl (C=O) groups excluding carboxylic acids is 1. The highest BCUT2D eigenvalue weighted by molar-refractivity contribution is 7.12. The fourth-order valence-corrected chi connectivity index (χ4v) is 5.38. The molecule has 2 aliphatic rings. The van der Waals surface area contributed by atoms with Crippen LogP contribution < -0.4 is 10.6 Å². The van der Waals surface area contributed by atoms with Crippen LogP contribution in [0.5, 0.6) is 0 Å². The van der Waals surface area contributed by atoms with Crippen LogP contribution in [0, 0.1) is 5.92 Å². The van der Waals surface area contributed by atoms with Crippen LogP contribution in [-0.4, -0.2) is 34.1 Å². The van der Waals surface area contributed by atoms with E-state index in [0.717, 1.165) is 18.2 Å². The normalized spacial score (nSPS) is 22.8. The van der Waals surface area contributed by atoms with Crippen molar-refractivity contribution in [1.29, 1.82) is 0 Å². The first-order valence-corrected chi connectivity index (χ1v) is 10.8. The lowest BCUT2D eigenvalue weighted by Crippen LogP contribution is -2.57. The molecular weight excluding hydrogens is 344 g/mol. The molecule has 1 spiro atoms. The van der Waals surface area contributed by atoms with Crippen molar-refractivity contribution in [2.24, 2.45) is 5.92 Å². The van der Waals surface area contributed by atoms with Crippen molar-refractivity contribution in [3.05, 3.63) is 35.6 Å². The predicted octanol–water partition coefficient (Wildman–Crippen LogP) is 3.76. The highest BCUT2D eigenvalue weighted by Crippen LogP contribution is 2.37. The van der Waals surface area contributed by atoms with E-state index in [2.05, 4.69) is 15.6 Å². The van der Waals surface area contributed by atoms with Crippen LogP contribution in [0.4, 0.5) is 0 Å². The van der Waals surface area contributed by atoms with Gasteiger partial charge in [-0.25, -0.2) is 4.98 Å². The van der Waals surface area contributed by atoms with E-state index in [4.69, 9.17) is 0 Å². The summed E-state index contributed by atoms with van der Waals surface area (Å²) in [5.74, 6) is 0.481. The summed E-state index contributed by atoms with van der Waals surface area (Å²) in [5.41, 5.74) is 0.762. The average Bonchev–Trinajstić information content (AvgIpc) is 3.31. The van der Waals surface area contributed by atoms with Gasteiger partial charge in [0.1, 0.15) is 5.69 Å². The van der Waals surface area contributed by atoms with E-state index >= 15 is 0 Å². The molecule has 140 valence electrons. The minimum atomic E-state index is -0.0472. The molecule has 4 rings (SSSR count). The van der Waals surface area contributed by atoms with Gasteiger partial charge >= 0.3 is 0 Å². The van der Waals surface area contributed by atoms with Crippen LogP contribution in [0.3, 0.4) is 0 Å². The van der Waals surface area contributed by atoms with Gasteiger partial charge in [0.15, 0.2) is 5.13 Å². The molecule has 1 amide bonds. The van der Waals surface area contributed by atoms with Crippen molar-refractivity contribution < 1.29 is 4.79 Å². The quantitative estimate of drug-likeness (QED) is 0.859. The standard InChI is InChI=1S/C20H28N4OS/c25-18(17-15-26-19(23-17)24-12-5-6-13-24)21-14-16-8-7-11-22-20(16)9-3-1-2-4-10-20/h5-6,12-13,15-16,22H,1-4,7-11,14H2,(H,21,25). The molecule has 2 fully saturated rings. The molecule has 1 aliphatic heterocycles. The smallest absolute Gasteiger partial charge is 0.270 e. The van der Waals surface area contributed by atoms with Crippen LogP contribution >= 0.6 is 11.3 Å². The molecule has 5 nitrogen and oxygen atoms in total. The minimum absolute atomic E-state index is 0.0472. The van der Waals surface area contributed by atoms with Crippen molar-refractivity contribution in [3.8, 4) is 5.13 Å². The van der Waals surface area contributed by atoms with Crippen molar-refractivity contribution in [2.75, 3.05) is 13.1 Å². The molecule has 0 radical (unpaired) electrons. The summed E-state index contributed by atoms with van der Waals surface area (Å²) in [6.45, 7) is 1.87. The fourth-order valence-electron chi connectivity index (χ4n) is 4.60. The Bertz CT molecular complexity index is 716. The largest absolute Gasteiger partial charge is 0.350 e. The Morgan fingerprint density at radius 2 is 2.00 bits per heavy atom. The number of nitrogens with zero attached hydrogens (tertiary/aromatic N) is 2. The topological polar surface area (TPSA) is 59.0 Å². The second kappa shape index (κ2) is 7.92. The molecule has 1 saturated heterocycles. The van der Waals surface area contributed by atoms with Gasteiger partial charge in [0.2, 0.25) is 0 Å². The van der Waals surface area contributed by atoms with Crippen molar-refractivity contribution >= 4 is 17.2 Å². The second-order valence-corrected chi connectivity index (χ2v) is 8.49. The first-order valence-electron chi connectivity index (χ1n) is 9.89. The van der Waals surface area contributed by atoms with Crippen molar-refractivity contribution in [3.63, 3.8) is 0 Å². The summed E-state index contributed by atoms with van der Waals surface area (Å²) in [7, 11) is 0. The van der Waals surface area contributed by atoms with Gasteiger partial charge in [-0.2, -0.15) is 0 Å². The maximum Gasteiger partial charge on any atom is 0.270 e. The Kier molecular flexibility index (Phi) is 5.41. The summed E-state index contributed by atoms with van der Waals surface area (Å²) < 4.78 is 1.94. The van der Waals surface area contributed by atoms with Gasteiger partial charge in [-0.05, 0) is 50.3 Å². The lowest BCUT2D eigenvalue weighted by molar-refractivity contribution is 0.0896. The van der Waals surface area contributed by atoms with Crippen LogP contribution in [0.25, 0.3) is 5.13 Å². The molecule has 3 heterocycles. The monoisotopic (exact) mass is 372 g/mol. The summed E-state index contributed by atoms with van der Waals surface area (Å²) >= 11 is 1.50. The molecule has 1 atom stereocenters. The highest BCUT2D eigenvalue weighted by atomic mass is 32.1. The summed E-state index contributed by atoms with van der Waals surface area (Å²) in [4.78, 5) is 17.1. The van der Waals surface area contributed by atoms with Gasteiger partial charge in [-0.3, -0.25) is 4.79 Å². The van der Waals surface area contributed by atoms with E-state index in [9.17, 15) is 4.79 Å². The van der Waals surface area contributed by atoms with Gasteiger partial charge in [0, 0.05) is 29.9 Å². The highest BCUT2D eigenvalue weighted by Gasteiger charge is 2.40. The molecule has 2 aromatic heterocycles. The van der Waals surface area contributed by atoms with E-state index < -0.39 is 0 Å². The van der Waals surface area contributed by atoms with Crippen LogP contribution in [-0.2, 0) is 0 Å². The number of rotatable bonds is 4. The van der Waals surface area contributed by atoms with Gasteiger partial charge in [-0.15, -0.1) is 11.3 Å². The summed E-state index contributed by atoms with van der Waals surface area (Å²) in [5, 5.41) is 9.70. The zero-order valence-electron chi connectivity index (χ0n) is 15.2. The Morgan fingerprint density at radius 3 is 2.77 bits per heavy atom. The minimum Gasteiger partial charge on any atom is -0.350 e. The molecule has 0 bridgehead atoms. The maximum absolute atomic E-state index is 12.6. The van der Waals surface area contributed by atoms with Gasteiger partial charge in [-0.1, -0.05) is 25.7 Å². The molecule has 26 heavy (non-hydrogen) atoms. The Morgan fingerprint density at radius 1 is 1.23 bits per heavy atom. The summed E-state index contributed by atoms with van der Waals surface area (Å²) in [6.07, 6.45) is 14.1. The number of carbonyl (C=O) groups is 1. The molecule has 1 aliphatic carbocycles. The fraction of sp³-hybridized carbons (Fsp3) is 0.600. The third-order valence-corrected chi connectivity index (χ3v) is 6.90. The van der Waals surface area contributed by atoms with Crippen LogP contribution in [0.1, 0.15) is 61.9 Å². The molecule has 1 unspecified atom stereocenters. The maximum atomic E-state index is 12.6. The molecular formula is C20H28N4OS. The van der Waals surface area contributed by atoms with E-state index in [1.54, 1.807) is 0 Å². The Balaban J connectivity index is 1.40. The lowest BCUT2D eigenvalue weighted by Gasteiger charge is -2.45. The average molecular weight is 373 g/mol. The van der Waals surface area contributed by atoms with Crippen molar-refractivity contribution in [1.82, 2.24) is 20.2 Å². The number of hydrogen-bond acceptors (Lipinski definition) is 4. The zero-order valence-corrected chi connectivity index (χ0v) is 16.1. The first kappa shape index (κ1) is 17.7. The van der Waals surface area contributed by atoms with E-state index in [1.807, 2.05) is 34.5 Å². The van der Waals surface area contributed by atoms with Gasteiger partial charge in [0.05, 0.1) is 0 Å². The lowest BCUT2D eigenvalue weighted by atomic mass is 9.73. The van der Waals surface area contributed by atoms with E-state index in [0.29, 0.717) is 11.6 Å². The van der Waals surface area contributed by atoms with Gasteiger partial charge < -0.3 is 15.2 Å². The Hall–Kier alpha value is -1.66. The number of hydrogen-bond donors (Lipinski definition) is 2. The zero-order chi connectivity index (χ0) is 17.8. The van der Waals surface area contributed by atoms with E-state index in [1.165, 1.54) is 62.7 Å². The number of nitrogens with one attached hydrogen (secondary N) is 2. The SMILES string of the molecule is O=C(NCC1CCCNC12CCCCCC2)c1csc(-n2cccc2)n1. The predicted molar refractivity (Wildman–Crippen MR) is 105 cm³/mol. The van der Waals surface area contributed by atoms with Crippen molar-refractivity contribution in [2.45, 2.75) is 56.9 Å². The molecule has 2 N–H and O–H groups in total. The molecule has 2 aromatic rings. The number of amides is 1. The van der Waals surface area contributed by atoms with Crippen LogP contribution in [0.15, 0.2) is 29.9 Å². The molecule has 1 saturated carbocycles. The molecule has 0 aromatic carbocycles. The summed E-state index contributed by atoms with van der Waals surface area (Å²) in [6, 6.07) is 3.92. The number of piperidine rings is 1.